The summed E-state index contributed by atoms with van der Waals surface area (Å²) in [6.45, 7) is 4.12. The molecule has 9 heteroatoms. The summed E-state index contributed by atoms with van der Waals surface area (Å²) in [6, 6.07) is 18.1. The third kappa shape index (κ3) is 5.99. The van der Waals surface area contributed by atoms with Gasteiger partial charge in [-0.15, -0.1) is 0 Å². The minimum Gasteiger partial charge on any atom is -0.478 e. The molecular formula is C29H26F3NO4S. The Hall–Kier alpha value is -3.85. The van der Waals surface area contributed by atoms with Crippen LogP contribution in [0.3, 0.4) is 0 Å². The number of halogens is 3. The number of aromatic carboxylic acids is 1. The summed E-state index contributed by atoms with van der Waals surface area (Å²) in [5.41, 5.74) is 2.19. The molecule has 0 fully saturated rings. The van der Waals surface area contributed by atoms with Crippen LogP contribution in [0.1, 0.15) is 58.1 Å². The van der Waals surface area contributed by atoms with Crippen molar-refractivity contribution in [1.82, 2.24) is 3.97 Å². The number of aromatic nitrogens is 1. The van der Waals surface area contributed by atoms with Gasteiger partial charge in [-0.2, -0.15) is 13.2 Å². The first-order valence-corrected chi connectivity index (χ1v) is 13.5. The lowest BCUT2D eigenvalue weighted by Gasteiger charge is -2.12. The Morgan fingerprint density at radius 2 is 1.71 bits per heavy atom. The second-order valence-corrected chi connectivity index (χ2v) is 11.2. The van der Waals surface area contributed by atoms with Gasteiger partial charge in [0.2, 0.25) is 10.0 Å². The standard InChI is InChI=1S/C29H26F3NO4S/c1-19(2)23-7-3-5-20(15-23)6-4-14-38(36,37)33-26(16-21-8-10-22(11-9-21)28(34)35)18-24-17-25(29(30,31)32)12-13-27(24)33/h3-13,15,17-19H,14,16H2,1-2H3,(H,34,35). The minimum absolute atomic E-state index is 0.0726. The second kappa shape index (κ2) is 10.5. The second-order valence-electron chi connectivity index (χ2n) is 9.36. The molecule has 5 nitrogen and oxygen atoms in total. The van der Waals surface area contributed by atoms with Crippen molar-refractivity contribution in [2.45, 2.75) is 32.4 Å². The molecule has 1 aromatic heterocycles. The van der Waals surface area contributed by atoms with E-state index in [1.54, 1.807) is 18.2 Å². The highest BCUT2D eigenvalue weighted by atomic mass is 32.2. The van der Waals surface area contributed by atoms with Crippen LogP contribution in [0.2, 0.25) is 0 Å². The quantitative estimate of drug-likeness (QED) is 0.262. The van der Waals surface area contributed by atoms with Crippen molar-refractivity contribution in [2.24, 2.45) is 0 Å². The largest absolute Gasteiger partial charge is 0.478 e. The van der Waals surface area contributed by atoms with Crippen LogP contribution in [0.25, 0.3) is 17.0 Å². The van der Waals surface area contributed by atoms with E-state index >= 15 is 0 Å². The van der Waals surface area contributed by atoms with Crippen molar-refractivity contribution in [3.05, 3.63) is 112 Å². The van der Waals surface area contributed by atoms with Crippen molar-refractivity contribution in [2.75, 3.05) is 5.75 Å². The van der Waals surface area contributed by atoms with Crippen LogP contribution in [0.4, 0.5) is 13.2 Å². The maximum Gasteiger partial charge on any atom is 0.416 e. The molecule has 0 saturated carbocycles. The maximum absolute atomic E-state index is 13.5. The van der Waals surface area contributed by atoms with E-state index in [9.17, 15) is 26.4 Å². The van der Waals surface area contributed by atoms with Gasteiger partial charge in [-0.1, -0.05) is 62.4 Å². The molecule has 1 heterocycles. The number of carbonyl (C=O) groups is 1. The van der Waals surface area contributed by atoms with Crippen molar-refractivity contribution < 1.29 is 31.5 Å². The van der Waals surface area contributed by atoms with Crippen molar-refractivity contribution >= 4 is 33.0 Å². The Balaban J connectivity index is 1.73. The molecule has 0 aliphatic rings. The highest BCUT2D eigenvalue weighted by Crippen LogP contribution is 2.33. The number of fused-ring (bicyclic) bond motifs is 1. The van der Waals surface area contributed by atoms with Crippen LogP contribution in [0.5, 0.6) is 0 Å². The monoisotopic (exact) mass is 541 g/mol. The van der Waals surface area contributed by atoms with Crippen molar-refractivity contribution in [3.8, 4) is 0 Å². The molecule has 0 atom stereocenters. The topological polar surface area (TPSA) is 76.4 Å². The molecule has 0 aliphatic heterocycles. The third-order valence-corrected chi connectivity index (χ3v) is 7.82. The molecule has 0 unspecified atom stereocenters. The fourth-order valence-electron chi connectivity index (χ4n) is 4.25. The summed E-state index contributed by atoms with van der Waals surface area (Å²) < 4.78 is 68.1. The van der Waals surface area contributed by atoms with Gasteiger partial charge in [0.05, 0.1) is 22.4 Å². The van der Waals surface area contributed by atoms with Crippen LogP contribution in [-0.4, -0.2) is 29.2 Å². The van der Waals surface area contributed by atoms with Gasteiger partial charge in [0.15, 0.2) is 0 Å². The fourth-order valence-corrected chi connectivity index (χ4v) is 5.68. The first-order valence-electron chi connectivity index (χ1n) is 11.9. The predicted octanol–water partition coefficient (Wildman–Crippen LogP) is 6.96. The number of hydrogen-bond acceptors (Lipinski definition) is 3. The van der Waals surface area contributed by atoms with E-state index in [1.165, 1.54) is 30.3 Å². The molecule has 0 amide bonds. The Morgan fingerprint density at radius 1 is 1.00 bits per heavy atom. The molecule has 4 rings (SSSR count). The summed E-state index contributed by atoms with van der Waals surface area (Å²) in [5.74, 6) is -1.15. The maximum atomic E-state index is 13.5. The molecule has 0 spiro atoms. The molecule has 1 N–H and O–H groups in total. The van der Waals surface area contributed by atoms with Crippen LogP contribution < -0.4 is 0 Å². The normalized spacial score (nSPS) is 12.6. The minimum atomic E-state index is -4.57. The zero-order valence-corrected chi connectivity index (χ0v) is 21.6. The van der Waals surface area contributed by atoms with Gasteiger partial charge in [0, 0.05) is 17.5 Å². The SMILES string of the molecule is CC(C)c1cccc(C=CCS(=O)(=O)n2c(Cc3ccc(C(=O)O)cc3)cc3cc(C(F)(F)F)ccc32)c1. The van der Waals surface area contributed by atoms with Gasteiger partial charge >= 0.3 is 12.1 Å². The highest BCUT2D eigenvalue weighted by Gasteiger charge is 2.31. The van der Waals surface area contributed by atoms with Crippen LogP contribution >= 0.6 is 0 Å². The number of carboxylic acids is 1. The lowest BCUT2D eigenvalue weighted by atomic mass is 10.0. The lowest BCUT2D eigenvalue weighted by Crippen LogP contribution is -2.18. The highest BCUT2D eigenvalue weighted by molar-refractivity contribution is 7.90. The number of nitrogens with zero attached hydrogens (tertiary/aromatic N) is 1. The van der Waals surface area contributed by atoms with Crippen LogP contribution in [-0.2, 0) is 22.6 Å². The van der Waals surface area contributed by atoms with E-state index in [-0.39, 0.29) is 34.3 Å². The number of rotatable bonds is 8. The van der Waals surface area contributed by atoms with E-state index in [0.29, 0.717) is 11.5 Å². The average molecular weight is 542 g/mol. The molecule has 0 aliphatic carbocycles. The summed E-state index contributed by atoms with van der Waals surface area (Å²) in [4.78, 5) is 11.2. The van der Waals surface area contributed by atoms with E-state index in [4.69, 9.17) is 5.11 Å². The van der Waals surface area contributed by atoms with Gasteiger partial charge in [-0.3, -0.25) is 0 Å². The smallest absolute Gasteiger partial charge is 0.416 e. The van der Waals surface area contributed by atoms with Gasteiger partial charge in [-0.25, -0.2) is 17.2 Å². The van der Waals surface area contributed by atoms with E-state index in [0.717, 1.165) is 27.2 Å². The van der Waals surface area contributed by atoms with E-state index < -0.39 is 27.7 Å². The molecule has 4 aromatic rings. The van der Waals surface area contributed by atoms with Crippen LogP contribution in [0.15, 0.2) is 78.9 Å². The molecule has 3 aromatic carbocycles. The summed E-state index contributed by atoms with van der Waals surface area (Å²) in [6.07, 6.45) is -1.26. The molecular weight excluding hydrogens is 515 g/mol. The Labute approximate surface area is 218 Å². The van der Waals surface area contributed by atoms with E-state index in [2.05, 4.69) is 13.8 Å². The number of alkyl halides is 3. The van der Waals surface area contributed by atoms with Gasteiger partial charge in [0.1, 0.15) is 0 Å². The van der Waals surface area contributed by atoms with Gasteiger partial charge in [0.25, 0.3) is 0 Å². The third-order valence-electron chi connectivity index (χ3n) is 6.22. The molecule has 38 heavy (non-hydrogen) atoms. The summed E-state index contributed by atoms with van der Waals surface area (Å²) >= 11 is 0. The number of hydrogen-bond donors (Lipinski definition) is 1. The van der Waals surface area contributed by atoms with Gasteiger partial charge < -0.3 is 5.11 Å². The van der Waals surface area contributed by atoms with Crippen molar-refractivity contribution in [3.63, 3.8) is 0 Å². The average Bonchev–Trinajstić information content (AvgIpc) is 3.22. The first kappa shape index (κ1) is 27.2. The van der Waals surface area contributed by atoms with E-state index in [1.807, 2.05) is 24.3 Å². The van der Waals surface area contributed by atoms with Gasteiger partial charge in [-0.05, 0) is 59.0 Å². The zero-order chi connectivity index (χ0) is 27.7. The molecule has 198 valence electrons. The molecule has 0 radical (unpaired) electrons. The lowest BCUT2D eigenvalue weighted by molar-refractivity contribution is -0.137. The Kier molecular flexibility index (Phi) is 7.51. The zero-order valence-electron chi connectivity index (χ0n) is 20.7. The summed E-state index contributed by atoms with van der Waals surface area (Å²) in [7, 11) is -4.01. The number of carboxylic acid groups (broad SMARTS) is 1. The van der Waals surface area contributed by atoms with Crippen LogP contribution in [0, 0.1) is 0 Å². The summed E-state index contributed by atoms with van der Waals surface area (Å²) in [5, 5.41) is 9.28. The Morgan fingerprint density at radius 3 is 2.34 bits per heavy atom. The predicted molar refractivity (Wildman–Crippen MR) is 142 cm³/mol. The molecule has 0 bridgehead atoms. The Bertz CT molecular complexity index is 1620. The van der Waals surface area contributed by atoms with Crippen molar-refractivity contribution in [1.29, 1.82) is 0 Å². The fraction of sp³-hybridized carbons (Fsp3) is 0.207. The number of benzene rings is 3. The first-order chi connectivity index (χ1) is 17.8. The molecule has 0 saturated heterocycles.